The lowest BCUT2D eigenvalue weighted by atomic mass is 9.88. The normalized spacial score (nSPS) is 13.9. The molecular weight excluding hydrogens is 324 g/mol. The Kier molecular flexibility index (Phi) is 4.86. The fourth-order valence-corrected chi connectivity index (χ4v) is 3.39. The first-order valence-corrected chi connectivity index (χ1v) is 9.04. The zero-order valence-corrected chi connectivity index (χ0v) is 15.9. The number of rotatable bonds is 3. The molecule has 2 amide bonds. The van der Waals surface area contributed by atoms with Gasteiger partial charge in [-0.1, -0.05) is 42.0 Å². The van der Waals surface area contributed by atoms with Crippen LogP contribution in [0.1, 0.15) is 36.1 Å². The van der Waals surface area contributed by atoms with Crippen LogP contribution in [0.2, 0.25) is 0 Å². The molecule has 0 aromatic heterocycles. The van der Waals surface area contributed by atoms with Crippen molar-refractivity contribution in [1.82, 2.24) is 4.90 Å². The summed E-state index contributed by atoms with van der Waals surface area (Å²) in [4.78, 5) is 27.7. The average molecular weight is 350 g/mol. The third kappa shape index (κ3) is 3.50. The Morgan fingerprint density at radius 3 is 2.42 bits per heavy atom. The highest BCUT2D eigenvalue weighted by atomic mass is 16.2. The SMILES string of the molecule is Cc1ccc(NC(=O)C(C)(C)C(=O)N2CCc3ccccc3C2)c(C)c1. The van der Waals surface area contributed by atoms with Crippen molar-refractivity contribution in [1.29, 1.82) is 0 Å². The zero-order valence-electron chi connectivity index (χ0n) is 15.9. The van der Waals surface area contributed by atoms with Crippen LogP contribution in [-0.4, -0.2) is 23.3 Å². The smallest absolute Gasteiger partial charge is 0.239 e. The minimum atomic E-state index is -1.12. The van der Waals surface area contributed by atoms with E-state index in [0.717, 1.165) is 28.8 Å². The van der Waals surface area contributed by atoms with Gasteiger partial charge in [-0.15, -0.1) is 0 Å². The molecule has 4 heteroatoms. The van der Waals surface area contributed by atoms with E-state index in [1.165, 1.54) is 5.56 Å². The van der Waals surface area contributed by atoms with E-state index in [0.29, 0.717) is 13.1 Å². The second-order valence-corrected chi connectivity index (χ2v) is 7.64. The standard InChI is InChI=1S/C22H26N2O2/c1-15-9-10-19(16(2)13-15)23-20(25)22(3,4)21(26)24-12-11-17-7-5-6-8-18(17)14-24/h5-10,13H,11-12,14H2,1-4H3,(H,23,25). The number of fused-ring (bicyclic) bond motifs is 1. The minimum Gasteiger partial charge on any atom is -0.337 e. The van der Waals surface area contributed by atoms with E-state index in [-0.39, 0.29) is 11.8 Å². The number of hydrogen-bond donors (Lipinski definition) is 1. The number of nitrogens with zero attached hydrogens (tertiary/aromatic N) is 1. The average Bonchev–Trinajstić information content (AvgIpc) is 2.62. The van der Waals surface area contributed by atoms with E-state index >= 15 is 0 Å². The van der Waals surface area contributed by atoms with Crippen LogP contribution in [0.5, 0.6) is 0 Å². The van der Waals surface area contributed by atoms with Crippen LogP contribution >= 0.6 is 0 Å². The molecule has 2 aromatic carbocycles. The Hall–Kier alpha value is -2.62. The molecule has 0 saturated carbocycles. The Morgan fingerprint density at radius 1 is 1.04 bits per heavy atom. The maximum Gasteiger partial charge on any atom is 0.239 e. The highest BCUT2D eigenvalue weighted by molar-refractivity contribution is 6.10. The highest BCUT2D eigenvalue weighted by Gasteiger charge is 2.40. The van der Waals surface area contributed by atoms with Gasteiger partial charge in [-0.3, -0.25) is 9.59 Å². The van der Waals surface area contributed by atoms with Gasteiger partial charge in [0.2, 0.25) is 11.8 Å². The number of carbonyl (C=O) groups excluding carboxylic acids is 2. The molecule has 0 bridgehead atoms. The van der Waals surface area contributed by atoms with Crippen molar-refractivity contribution in [2.75, 3.05) is 11.9 Å². The first-order chi connectivity index (χ1) is 12.3. The number of amides is 2. The molecule has 2 aromatic rings. The van der Waals surface area contributed by atoms with Crippen molar-refractivity contribution in [3.05, 3.63) is 64.7 Å². The summed E-state index contributed by atoms with van der Waals surface area (Å²) in [6, 6.07) is 14.0. The van der Waals surface area contributed by atoms with Crippen molar-refractivity contribution in [3.8, 4) is 0 Å². The minimum absolute atomic E-state index is 0.130. The van der Waals surface area contributed by atoms with Gasteiger partial charge in [0, 0.05) is 18.8 Å². The molecule has 1 heterocycles. The van der Waals surface area contributed by atoms with Crippen molar-refractivity contribution in [2.45, 2.75) is 40.7 Å². The lowest BCUT2D eigenvalue weighted by molar-refractivity contribution is -0.147. The summed E-state index contributed by atoms with van der Waals surface area (Å²) >= 11 is 0. The predicted molar refractivity (Wildman–Crippen MR) is 104 cm³/mol. The van der Waals surface area contributed by atoms with Crippen molar-refractivity contribution < 1.29 is 9.59 Å². The number of anilines is 1. The Balaban J connectivity index is 1.74. The Labute approximate surface area is 155 Å². The summed E-state index contributed by atoms with van der Waals surface area (Å²) in [6.45, 7) is 8.59. The number of nitrogens with one attached hydrogen (secondary N) is 1. The fourth-order valence-electron chi connectivity index (χ4n) is 3.39. The van der Waals surface area contributed by atoms with Gasteiger partial charge < -0.3 is 10.2 Å². The summed E-state index contributed by atoms with van der Waals surface area (Å²) in [6.07, 6.45) is 0.830. The number of benzene rings is 2. The maximum atomic E-state index is 13.1. The summed E-state index contributed by atoms with van der Waals surface area (Å²) in [5.74, 6) is -0.400. The largest absolute Gasteiger partial charge is 0.337 e. The van der Waals surface area contributed by atoms with E-state index < -0.39 is 5.41 Å². The van der Waals surface area contributed by atoms with Gasteiger partial charge in [-0.05, 0) is 56.9 Å². The van der Waals surface area contributed by atoms with Gasteiger partial charge in [-0.2, -0.15) is 0 Å². The van der Waals surface area contributed by atoms with Gasteiger partial charge in [0.1, 0.15) is 5.41 Å². The van der Waals surface area contributed by atoms with Gasteiger partial charge >= 0.3 is 0 Å². The molecule has 3 rings (SSSR count). The maximum absolute atomic E-state index is 13.1. The van der Waals surface area contributed by atoms with Gasteiger partial charge in [-0.25, -0.2) is 0 Å². The Morgan fingerprint density at radius 2 is 1.73 bits per heavy atom. The number of carbonyl (C=O) groups is 2. The topological polar surface area (TPSA) is 49.4 Å². The Bertz CT molecular complexity index is 855. The zero-order chi connectivity index (χ0) is 18.9. The molecule has 0 saturated heterocycles. The molecule has 0 radical (unpaired) electrons. The fraction of sp³-hybridized carbons (Fsp3) is 0.364. The lowest BCUT2D eigenvalue weighted by Gasteiger charge is -2.34. The molecule has 1 N–H and O–H groups in total. The van der Waals surface area contributed by atoms with Gasteiger partial charge in [0.15, 0.2) is 0 Å². The lowest BCUT2D eigenvalue weighted by Crippen LogP contribution is -2.48. The number of aryl methyl sites for hydroxylation is 2. The molecule has 26 heavy (non-hydrogen) atoms. The van der Waals surface area contributed by atoms with E-state index in [9.17, 15) is 9.59 Å². The molecule has 0 fully saturated rings. The quantitative estimate of drug-likeness (QED) is 0.855. The third-order valence-corrected chi connectivity index (χ3v) is 5.15. The van der Waals surface area contributed by atoms with Gasteiger partial charge in [0.05, 0.1) is 0 Å². The van der Waals surface area contributed by atoms with E-state index in [1.54, 1.807) is 18.7 Å². The molecule has 136 valence electrons. The van der Waals surface area contributed by atoms with E-state index in [2.05, 4.69) is 17.4 Å². The van der Waals surface area contributed by atoms with Crippen LogP contribution in [0.25, 0.3) is 0 Å². The molecule has 4 nitrogen and oxygen atoms in total. The molecular formula is C22H26N2O2. The first kappa shape index (κ1) is 18.2. The summed E-state index contributed by atoms with van der Waals surface area (Å²) in [5, 5.41) is 2.93. The molecule has 0 unspecified atom stereocenters. The summed E-state index contributed by atoms with van der Waals surface area (Å²) < 4.78 is 0. The van der Waals surface area contributed by atoms with Crippen molar-refractivity contribution >= 4 is 17.5 Å². The van der Waals surface area contributed by atoms with Crippen LogP contribution in [0.4, 0.5) is 5.69 Å². The van der Waals surface area contributed by atoms with E-state index in [4.69, 9.17) is 0 Å². The van der Waals surface area contributed by atoms with Crippen LogP contribution in [0.3, 0.4) is 0 Å². The van der Waals surface area contributed by atoms with Crippen LogP contribution in [0, 0.1) is 19.3 Å². The first-order valence-electron chi connectivity index (χ1n) is 9.04. The predicted octanol–water partition coefficient (Wildman–Crippen LogP) is 3.85. The molecule has 1 aliphatic rings. The van der Waals surface area contributed by atoms with E-state index in [1.807, 2.05) is 44.2 Å². The highest BCUT2D eigenvalue weighted by Crippen LogP contribution is 2.27. The molecule has 0 spiro atoms. The molecule has 1 aliphatic heterocycles. The van der Waals surface area contributed by atoms with Crippen LogP contribution in [0.15, 0.2) is 42.5 Å². The second-order valence-electron chi connectivity index (χ2n) is 7.64. The van der Waals surface area contributed by atoms with Crippen molar-refractivity contribution in [3.63, 3.8) is 0 Å². The second kappa shape index (κ2) is 6.94. The van der Waals surface area contributed by atoms with Crippen LogP contribution < -0.4 is 5.32 Å². The summed E-state index contributed by atoms with van der Waals surface area (Å²) in [5.41, 5.74) is 4.22. The van der Waals surface area contributed by atoms with Crippen LogP contribution in [-0.2, 0) is 22.6 Å². The molecule has 0 atom stereocenters. The number of hydrogen-bond acceptors (Lipinski definition) is 2. The third-order valence-electron chi connectivity index (χ3n) is 5.15. The monoisotopic (exact) mass is 350 g/mol. The van der Waals surface area contributed by atoms with Crippen molar-refractivity contribution in [2.24, 2.45) is 5.41 Å². The van der Waals surface area contributed by atoms with Gasteiger partial charge in [0.25, 0.3) is 0 Å². The molecule has 0 aliphatic carbocycles. The summed E-state index contributed by atoms with van der Waals surface area (Å²) in [7, 11) is 0.